The van der Waals surface area contributed by atoms with Gasteiger partial charge >= 0.3 is 5.97 Å². The summed E-state index contributed by atoms with van der Waals surface area (Å²) in [6.07, 6.45) is 0.0812. The Labute approximate surface area is 88.7 Å². The highest BCUT2D eigenvalue weighted by molar-refractivity contribution is 5.86. The third kappa shape index (κ3) is 2.47. The molecule has 2 N–H and O–H groups in total. The van der Waals surface area contributed by atoms with Crippen LogP contribution in [0.5, 0.6) is 0 Å². The van der Waals surface area contributed by atoms with Crippen LogP contribution in [0.1, 0.15) is 20.3 Å². The molecule has 0 bridgehead atoms. The van der Waals surface area contributed by atoms with E-state index in [9.17, 15) is 9.59 Å². The first-order valence-electron chi connectivity index (χ1n) is 5.10. The average Bonchev–Trinajstić information content (AvgIpc) is 2.58. The lowest BCUT2D eigenvalue weighted by molar-refractivity contribution is -0.141. The molecule has 86 valence electrons. The standard InChI is InChI=1S/C10H17NO4/c1-6(5-12)7(2)11-4-8(10(14)15)3-9(11)13/h6-8,12H,3-5H2,1-2H3,(H,14,15). The van der Waals surface area contributed by atoms with Crippen molar-refractivity contribution in [2.75, 3.05) is 13.2 Å². The summed E-state index contributed by atoms with van der Waals surface area (Å²) in [5.41, 5.74) is 0. The number of hydrogen-bond donors (Lipinski definition) is 2. The molecule has 0 spiro atoms. The molecule has 0 saturated carbocycles. The summed E-state index contributed by atoms with van der Waals surface area (Å²) < 4.78 is 0. The molecule has 3 unspecified atom stereocenters. The second-order valence-electron chi connectivity index (χ2n) is 4.19. The Bertz CT molecular complexity index is 266. The molecule has 3 atom stereocenters. The molecule has 0 aromatic heterocycles. The van der Waals surface area contributed by atoms with Gasteiger partial charge in [0.2, 0.25) is 5.91 Å². The minimum absolute atomic E-state index is 0.00266. The van der Waals surface area contributed by atoms with Crippen LogP contribution in [-0.2, 0) is 9.59 Å². The summed E-state index contributed by atoms with van der Waals surface area (Å²) in [6.45, 7) is 3.94. The lowest BCUT2D eigenvalue weighted by Crippen LogP contribution is -2.40. The molecule has 1 amide bonds. The Hall–Kier alpha value is -1.10. The van der Waals surface area contributed by atoms with E-state index in [1.165, 1.54) is 0 Å². The molecule has 0 aliphatic carbocycles. The molecular formula is C10H17NO4. The summed E-state index contributed by atoms with van der Waals surface area (Å²) in [5.74, 6) is -1.67. The molecule has 1 aliphatic rings. The molecule has 1 aliphatic heterocycles. The van der Waals surface area contributed by atoms with Crippen LogP contribution in [-0.4, -0.2) is 46.2 Å². The number of rotatable bonds is 4. The molecule has 0 radical (unpaired) electrons. The van der Waals surface area contributed by atoms with Crippen LogP contribution in [0, 0.1) is 11.8 Å². The molecule has 1 saturated heterocycles. The molecule has 0 aromatic rings. The number of aliphatic carboxylic acids is 1. The number of carbonyl (C=O) groups excluding carboxylic acids is 1. The van der Waals surface area contributed by atoms with E-state index in [0.717, 1.165) is 0 Å². The zero-order valence-electron chi connectivity index (χ0n) is 9.01. The number of aliphatic hydroxyl groups is 1. The quantitative estimate of drug-likeness (QED) is 0.688. The van der Waals surface area contributed by atoms with E-state index in [-0.39, 0.29) is 37.4 Å². The Morgan fingerprint density at radius 2 is 2.20 bits per heavy atom. The van der Waals surface area contributed by atoms with Gasteiger partial charge in [0.25, 0.3) is 0 Å². The maximum Gasteiger partial charge on any atom is 0.308 e. The third-order valence-electron chi connectivity index (χ3n) is 3.11. The number of carboxylic acid groups (broad SMARTS) is 1. The van der Waals surface area contributed by atoms with Crippen LogP contribution in [0.3, 0.4) is 0 Å². The number of amides is 1. The SMILES string of the molecule is CC(CO)C(C)N1CC(C(=O)O)CC1=O. The van der Waals surface area contributed by atoms with Crippen LogP contribution in [0.15, 0.2) is 0 Å². The van der Waals surface area contributed by atoms with Crippen LogP contribution >= 0.6 is 0 Å². The summed E-state index contributed by atoms with van der Waals surface area (Å²) in [5, 5.41) is 17.8. The number of carboxylic acids is 1. The van der Waals surface area contributed by atoms with Gasteiger partial charge in [-0.1, -0.05) is 6.92 Å². The van der Waals surface area contributed by atoms with Gasteiger partial charge in [0.05, 0.1) is 5.92 Å². The van der Waals surface area contributed by atoms with Crippen molar-refractivity contribution in [1.29, 1.82) is 0 Å². The van der Waals surface area contributed by atoms with Gasteiger partial charge in [-0.25, -0.2) is 0 Å². The fourth-order valence-corrected chi connectivity index (χ4v) is 1.75. The molecular weight excluding hydrogens is 198 g/mol. The number of hydrogen-bond acceptors (Lipinski definition) is 3. The fraction of sp³-hybridized carbons (Fsp3) is 0.800. The Balaban J connectivity index is 2.64. The summed E-state index contributed by atoms with van der Waals surface area (Å²) in [4.78, 5) is 23.8. The Kier molecular flexibility index (Phi) is 3.68. The smallest absolute Gasteiger partial charge is 0.308 e. The van der Waals surface area contributed by atoms with Crippen LogP contribution in [0.2, 0.25) is 0 Å². The maximum absolute atomic E-state index is 11.5. The van der Waals surface area contributed by atoms with E-state index in [4.69, 9.17) is 10.2 Å². The first-order valence-corrected chi connectivity index (χ1v) is 5.10. The summed E-state index contributed by atoms with van der Waals surface area (Å²) in [6, 6.07) is -0.105. The predicted molar refractivity (Wildman–Crippen MR) is 53.2 cm³/mol. The van der Waals surface area contributed by atoms with Crippen molar-refractivity contribution >= 4 is 11.9 Å². The van der Waals surface area contributed by atoms with Crippen LogP contribution in [0.25, 0.3) is 0 Å². The second-order valence-corrected chi connectivity index (χ2v) is 4.19. The van der Waals surface area contributed by atoms with E-state index in [1.54, 1.807) is 4.90 Å². The van der Waals surface area contributed by atoms with Crippen molar-refractivity contribution in [3.8, 4) is 0 Å². The van der Waals surface area contributed by atoms with Gasteiger partial charge in [0, 0.05) is 25.6 Å². The van der Waals surface area contributed by atoms with E-state index in [1.807, 2.05) is 13.8 Å². The highest BCUT2D eigenvalue weighted by Crippen LogP contribution is 2.23. The summed E-state index contributed by atoms with van der Waals surface area (Å²) in [7, 11) is 0. The molecule has 0 aromatic carbocycles. The molecule has 15 heavy (non-hydrogen) atoms. The molecule has 5 nitrogen and oxygen atoms in total. The van der Waals surface area contributed by atoms with Gasteiger partial charge in [-0.15, -0.1) is 0 Å². The monoisotopic (exact) mass is 215 g/mol. The highest BCUT2D eigenvalue weighted by atomic mass is 16.4. The number of likely N-dealkylation sites (tertiary alicyclic amines) is 1. The zero-order valence-corrected chi connectivity index (χ0v) is 9.01. The lowest BCUT2D eigenvalue weighted by atomic mass is 10.0. The molecule has 5 heteroatoms. The first kappa shape index (κ1) is 12.0. The number of nitrogens with zero attached hydrogens (tertiary/aromatic N) is 1. The Morgan fingerprint density at radius 3 is 2.60 bits per heavy atom. The largest absolute Gasteiger partial charge is 0.481 e. The zero-order chi connectivity index (χ0) is 11.6. The maximum atomic E-state index is 11.5. The predicted octanol–water partition coefficient (Wildman–Crippen LogP) is -0.0636. The number of carbonyl (C=O) groups is 2. The molecule has 1 fully saturated rings. The van der Waals surface area contributed by atoms with Gasteiger partial charge in [-0.3, -0.25) is 9.59 Å². The average molecular weight is 215 g/mol. The van der Waals surface area contributed by atoms with Gasteiger partial charge < -0.3 is 15.1 Å². The molecule has 1 rings (SSSR count). The Morgan fingerprint density at radius 1 is 1.60 bits per heavy atom. The van der Waals surface area contributed by atoms with Crippen molar-refractivity contribution in [2.24, 2.45) is 11.8 Å². The second kappa shape index (κ2) is 4.61. The highest BCUT2D eigenvalue weighted by Gasteiger charge is 2.37. The van der Waals surface area contributed by atoms with E-state index in [0.29, 0.717) is 0 Å². The lowest BCUT2D eigenvalue weighted by Gasteiger charge is -2.28. The first-order chi connectivity index (χ1) is 6.97. The van der Waals surface area contributed by atoms with Crippen molar-refractivity contribution in [3.63, 3.8) is 0 Å². The van der Waals surface area contributed by atoms with E-state index < -0.39 is 11.9 Å². The molecule has 1 heterocycles. The third-order valence-corrected chi connectivity index (χ3v) is 3.11. The minimum atomic E-state index is -0.922. The topological polar surface area (TPSA) is 77.8 Å². The van der Waals surface area contributed by atoms with Crippen LogP contribution < -0.4 is 0 Å². The van der Waals surface area contributed by atoms with E-state index in [2.05, 4.69) is 0 Å². The van der Waals surface area contributed by atoms with Gasteiger partial charge in [0.15, 0.2) is 0 Å². The fourth-order valence-electron chi connectivity index (χ4n) is 1.75. The van der Waals surface area contributed by atoms with Gasteiger partial charge in [-0.2, -0.15) is 0 Å². The van der Waals surface area contributed by atoms with Crippen molar-refractivity contribution < 1.29 is 19.8 Å². The van der Waals surface area contributed by atoms with Gasteiger partial charge in [-0.05, 0) is 12.8 Å². The van der Waals surface area contributed by atoms with Gasteiger partial charge in [0.1, 0.15) is 0 Å². The van der Waals surface area contributed by atoms with Crippen LogP contribution in [0.4, 0.5) is 0 Å². The normalized spacial score (nSPS) is 25.4. The van der Waals surface area contributed by atoms with Crippen molar-refractivity contribution in [3.05, 3.63) is 0 Å². The van der Waals surface area contributed by atoms with Crippen molar-refractivity contribution in [1.82, 2.24) is 4.90 Å². The minimum Gasteiger partial charge on any atom is -0.481 e. The van der Waals surface area contributed by atoms with Crippen molar-refractivity contribution in [2.45, 2.75) is 26.3 Å². The summed E-state index contributed by atoms with van der Waals surface area (Å²) >= 11 is 0. The number of aliphatic hydroxyl groups excluding tert-OH is 1. The van der Waals surface area contributed by atoms with E-state index >= 15 is 0 Å².